The topological polar surface area (TPSA) is 50.8 Å². The number of nitrogens with one attached hydrogen (secondary N) is 1. The van der Waals surface area contributed by atoms with Crippen LogP contribution in [0.2, 0.25) is 0 Å². The number of fused-ring (bicyclic) bond motifs is 1. The van der Waals surface area contributed by atoms with Gasteiger partial charge in [-0.15, -0.1) is 17.9 Å². The Morgan fingerprint density at radius 3 is 2.92 bits per heavy atom. The van der Waals surface area contributed by atoms with Crippen LogP contribution in [0, 0.1) is 6.92 Å². The molecule has 25 heavy (non-hydrogen) atoms. The highest BCUT2D eigenvalue weighted by Crippen LogP contribution is 2.33. The van der Waals surface area contributed by atoms with Gasteiger partial charge in [0.2, 0.25) is 12.7 Å². The number of rotatable bonds is 8. The first-order chi connectivity index (χ1) is 12.2. The minimum absolute atomic E-state index is 0.0623. The van der Waals surface area contributed by atoms with Gasteiger partial charge in [-0.1, -0.05) is 12.1 Å². The number of amides is 1. The SMILES string of the molecule is C=CCNCC(=O)N(Cc1ccc2c(c1)OCO2)Cc1sccc1C. The first-order valence-corrected chi connectivity index (χ1v) is 9.06. The summed E-state index contributed by atoms with van der Waals surface area (Å²) >= 11 is 1.68. The summed E-state index contributed by atoms with van der Waals surface area (Å²) in [4.78, 5) is 15.7. The molecular weight excluding hydrogens is 336 g/mol. The number of carbonyl (C=O) groups is 1. The van der Waals surface area contributed by atoms with E-state index in [-0.39, 0.29) is 12.7 Å². The maximum absolute atomic E-state index is 12.7. The average Bonchev–Trinajstić information content (AvgIpc) is 3.23. The molecule has 0 unspecified atom stereocenters. The zero-order valence-corrected chi connectivity index (χ0v) is 15.1. The van der Waals surface area contributed by atoms with Crippen molar-refractivity contribution in [1.29, 1.82) is 0 Å². The second-order valence-corrected chi connectivity index (χ2v) is 6.88. The minimum atomic E-state index is 0.0623. The van der Waals surface area contributed by atoms with Crippen molar-refractivity contribution >= 4 is 17.2 Å². The van der Waals surface area contributed by atoms with Gasteiger partial charge >= 0.3 is 0 Å². The molecule has 0 saturated heterocycles. The van der Waals surface area contributed by atoms with Gasteiger partial charge in [-0.3, -0.25) is 4.79 Å². The molecule has 0 fully saturated rings. The molecule has 6 heteroatoms. The molecule has 1 aromatic heterocycles. The van der Waals surface area contributed by atoms with E-state index in [1.165, 1.54) is 10.4 Å². The van der Waals surface area contributed by atoms with Crippen LogP contribution in [0.1, 0.15) is 16.0 Å². The van der Waals surface area contributed by atoms with E-state index in [0.29, 0.717) is 26.2 Å². The molecule has 0 aliphatic carbocycles. The van der Waals surface area contributed by atoms with Gasteiger partial charge in [0.15, 0.2) is 11.5 Å². The summed E-state index contributed by atoms with van der Waals surface area (Å²) in [6.45, 7) is 8.03. The van der Waals surface area contributed by atoms with Crippen molar-refractivity contribution in [1.82, 2.24) is 10.2 Å². The Kier molecular flexibility index (Phi) is 5.73. The maximum Gasteiger partial charge on any atom is 0.237 e. The molecule has 0 radical (unpaired) electrons. The highest BCUT2D eigenvalue weighted by Gasteiger charge is 2.18. The van der Waals surface area contributed by atoms with E-state index in [1.54, 1.807) is 17.4 Å². The van der Waals surface area contributed by atoms with Gasteiger partial charge in [0.25, 0.3) is 0 Å². The quantitative estimate of drug-likeness (QED) is 0.582. The number of thiophene rings is 1. The largest absolute Gasteiger partial charge is 0.454 e. The van der Waals surface area contributed by atoms with Gasteiger partial charge in [0.05, 0.1) is 13.1 Å². The summed E-state index contributed by atoms with van der Waals surface area (Å²) in [6, 6.07) is 7.90. The molecule has 2 aromatic rings. The molecule has 1 amide bonds. The van der Waals surface area contributed by atoms with Crippen molar-refractivity contribution < 1.29 is 14.3 Å². The zero-order valence-electron chi connectivity index (χ0n) is 14.3. The van der Waals surface area contributed by atoms with Crippen LogP contribution in [0.3, 0.4) is 0 Å². The molecule has 1 aliphatic heterocycles. The molecule has 5 nitrogen and oxygen atoms in total. The molecule has 0 atom stereocenters. The van der Waals surface area contributed by atoms with Gasteiger partial charge in [0, 0.05) is 18.0 Å². The van der Waals surface area contributed by atoms with Crippen molar-refractivity contribution in [2.45, 2.75) is 20.0 Å². The van der Waals surface area contributed by atoms with E-state index in [9.17, 15) is 4.79 Å². The monoisotopic (exact) mass is 358 g/mol. The first kappa shape index (κ1) is 17.5. The fraction of sp³-hybridized carbons (Fsp3) is 0.316. The minimum Gasteiger partial charge on any atom is -0.454 e. The Hall–Kier alpha value is -2.31. The van der Waals surface area contributed by atoms with E-state index >= 15 is 0 Å². The van der Waals surface area contributed by atoms with E-state index in [2.05, 4.69) is 30.3 Å². The smallest absolute Gasteiger partial charge is 0.237 e. The fourth-order valence-corrected chi connectivity index (χ4v) is 3.55. The zero-order chi connectivity index (χ0) is 17.6. The third kappa shape index (κ3) is 4.41. The van der Waals surface area contributed by atoms with Gasteiger partial charge in [-0.25, -0.2) is 0 Å². The molecule has 0 bridgehead atoms. The fourth-order valence-electron chi connectivity index (χ4n) is 2.62. The summed E-state index contributed by atoms with van der Waals surface area (Å²) in [5.41, 5.74) is 2.24. The maximum atomic E-state index is 12.7. The van der Waals surface area contributed by atoms with Crippen molar-refractivity contribution in [3.63, 3.8) is 0 Å². The highest BCUT2D eigenvalue weighted by molar-refractivity contribution is 7.10. The van der Waals surface area contributed by atoms with Gasteiger partial charge in [-0.2, -0.15) is 0 Å². The third-order valence-corrected chi connectivity index (χ3v) is 5.04. The Morgan fingerprint density at radius 1 is 1.32 bits per heavy atom. The number of benzene rings is 1. The molecule has 2 heterocycles. The lowest BCUT2D eigenvalue weighted by Gasteiger charge is -2.23. The third-order valence-electron chi connectivity index (χ3n) is 4.03. The van der Waals surface area contributed by atoms with Crippen LogP contribution in [0.4, 0.5) is 0 Å². The number of nitrogens with zero attached hydrogens (tertiary/aromatic N) is 1. The molecule has 132 valence electrons. The first-order valence-electron chi connectivity index (χ1n) is 8.18. The van der Waals surface area contributed by atoms with Gasteiger partial charge in [0.1, 0.15) is 0 Å². The Bertz CT molecular complexity index is 757. The lowest BCUT2D eigenvalue weighted by atomic mass is 10.1. The molecule has 0 saturated carbocycles. The van der Waals surface area contributed by atoms with E-state index in [4.69, 9.17) is 9.47 Å². The Morgan fingerprint density at radius 2 is 2.16 bits per heavy atom. The Balaban J connectivity index is 1.74. The normalized spacial score (nSPS) is 12.2. The van der Waals surface area contributed by atoms with Crippen LogP contribution >= 0.6 is 11.3 Å². The number of carbonyl (C=O) groups excluding carboxylic acids is 1. The molecule has 1 aliphatic rings. The van der Waals surface area contributed by atoms with Crippen LogP contribution in [0.5, 0.6) is 11.5 Å². The lowest BCUT2D eigenvalue weighted by molar-refractivity contribution is -0.131. The Labute approximate surface area is 151 Å². The van der Waals surface area contributed by atoms with Gasteiger partial charge in [-0.05, 0) is 41.6 Å². The van der Waals surface area contributed by atoms with Crippen LogP contribution in [0.25, 0.3) is 0 Å². The number of hydrogen-bond acceptors (Lipinski definition) is 5. The second kappa shape index (κ2) is 8.18. The molecular formula is C19H22N2O3S. The summed E-state index contributed by atoms with van der Waals surface area (Å²) in [6.07, 6.45) is 1.75. The van der Waals surface area contributed by atoms with E-state index in [0.717, 1.165) is 17.1 Å². The number of aryl methyl sites for hydroxylation is 1. The molecule has 0 spiro atoms. The average molecular weight is 358 g/mol. The van der Waals surface area contributed by atoms with Crippen molar-refractivity contribution in [2.75, 3.05) is 19.9 Å². The van der Waals surface area contributed by atoms with Crippen molar-refractivity contribution in [3.8, 4) is 11.5 Å². The molecule has 1 N–H and O–H groups in total. The predicted molar refractivity (Wildman–Crippen MR) is 98.9 cm³/mol. The molecule has 3 rings (SSSR count). The number of hydrogen-bond donors (Lipinski definition) is 1. The highest BCUT2D eigenvalue weighted by atomic mass is 32.1. The summed E-state index contributed by atoms with van der Waals surface area (Å²) in [5, 5.41) is 5.15. The van der Waals surface area contributed by atoms with Crippen LogP contribution in [-0.2, 0) is 17.9 Å². The summed E-state index contributed by atoms with van der Waals surface area (Å²) < 4.78 is 10.8. The van der Waals surface area contributed by atoms with Gasteiger partial charge < -0.3 is 19.7 Å². The van der Waals surface area contributed by atoms with E-state index < -0.39 is 0 Å². The standard InChI is InChI=1S/C19H22N2O3S/c1-3-7-20-10-19(22)21(12-18-14(2)6-8-25-18)11-15-4-5-16-17(9-15)24-13-23-16/h3-6,8-9,20H,1,7,10-13H2,2H3. The van der Waals surface area contributed by atoms with Crippen molar-refractivity contribution in [2.24, 2.45) is 0 Å². The predicted octanol–water partition coefficient (Wildman–Crippen LogP) is 3.09. The van der Waals surface area contributed by atoms with Crippen molar-refractivity contribution in [3.05, 3.63) is 58.3 Å². The number of ether oxygens (including phenoxy) is 2. The van der Waals surface area contributed by atoms with Crippen LogP contribution < -0.4 is 14.8 Å². The van der Waals surface area contributed by atoms with Crippen LogP contribution in [0.15, 0.2) is 42.3 Å². The summed E-state index contributed by atoms with van der Waals surface area (Å²) in [5.74, 6) is 1.55. The lowest BCUT2D eigenvalue weighted by Crippen LogP contribution is -2.37. The molecule has 1 aromatic carbocycles. The second-order valence-electron chi connectivity index (χ2n) is 5.88. The van der Waals surface area contributed by atoms with E-state index in [1.807, 2.05) is 23.1 Å². The summed E-state index contributed by atoms with van der Waals surface area (Å²) in [7, 11) is 0. The van der Waals surface area contributed by atoms with Crippen LogP contribution in [-0.4, -0.2) is 30.7 Å².